The number of benzene rings is 1. The molecule has 1 unspecified atom stereocenters. The van der Waals surface area contributed by atoms with Gasteiger partial charge in [0.15, 0.2) is 0 Å². The fourth-order valence-electron chi connectivity index (χ4n) is 1.50. The zero-order valence-electron chi connectivity index (χ0n) is 8.77. The largest absolute Gasteiger partial charge is 0.508 e. The molecule has 4 heteroatoms. The Morgan fingerprint density at radius 2 is 1.93 bits per heavy atom. The highest BCUT2D eigenvalue weighted by Gasteiger charge is 2.14. The van der Waals surface area contributed by atoms with Gasteiger partial charge in [0.1, 0.15) is 11.5 Å². The fraction of sp³-hybridized carbons (Fsp3) is 0.455. The van der Waals surface area contributed by atoms with E-state index in [1.165, 1.54) is 6.07 Å². The Hall–Kier alpha value is -1.26. The number of phenolic OH excluding ortho intramolecular Hbond substituents is 2. The molecule has 0 saturated carbocycles. The predicted octanol–water partition coefficient (Wildman–Crippen LogP) is 1.04. The third-order valence-corrected chi connectivity index (χ3v) is 2.41. The normalized spacial score (nSPS) is 12.7. The number of hydrogen-bond donors (Lipinski definition) is 4. The average molecular weight is 211 g/mol. The zero-order chi connectivity index (χ0) is 11.4. The van der Waals surface area contributed by atoms with Crippen molar-refractivity contribution in [1.29, 1.82) is 0 Å². The first-order valence-electron chi connectivity index (χ1n) is 5.03. The monoisotopic (exact) mass is 211 g/mol. The van der Waals surface area contributed by atoms with Crippen LogP contribution in [0.2, 0.25) is 0 Å². The first-order chi connectivity index (χ1) is 7.10. The van der Waals surface area contributed by atoms with Gasteiger partial charge in [0.05, 0.1) is 6.10 Å². The van der Waals surface area contributed by atoms with Crippen LogP contribution in [0.25, 0.3) is 0 Å². The number of aliphatic hydroxyl groups excluding tert-OH is 1. The summed E-state index contributed by atoms with van der Waals surface area (Å²) in [5.41, 5.74) is 6.46. The van der Waals surface area contributed by atoms with Gasteiger partial charge in [-0.05, 0) is 31.0 Å². The SMILES string of the molecule is CCc1cc(C(O)CCN)c(O)cc1O. The standard InChI is InChI=1S/C11H17NO3/c1-2-7-5-8(9(13)3-4-12)11(15)6-10(7)14/h5-6,9,13-15H,2-4,12H2,1H3. The Labute approximate surface area is 89.0 Å². The second kappa shape index (κ2) is 5.00. The summed E-state index contributed by atoms with van der Waals surface area (Å²) >= 11 is 0. The minimum Gasteiger partial charge on any atom is -0.508 e. The van der Waals surface area contributed by atoms with Gasteiger partial charge in [-0.15, -0.1) is 0 Å². The van der Waals surface area contributed by atoms with E-state index in [0.29, 0.717) is 30.5 Å². The summed E-state index contributed by atoms with van der Waals surface area (Å²) in [6, 6.07) is 2.87. The Balaban J connectivity index is 3.06. The molecule has 0 aliphatic rings. The molecule has 0 heterocycles. The fourth-order valence-corrected chi connectivity index (χ4v) is 1.50. The van der Waals surface area contributed by atoms with Crippen LogP contribution < -0.4 is 5.73 Å². The molecule has 0 fully saturated rings. The van der Waals surface area contributed by atoms with Crippen molar-refractivity contribution < 1.29 is 15.3 Å². The number of rotatable bonds is 4. The molecule has 0 amide bonds. The lowest BCUT2D eigenvalue weighted by Crippen LogP contribution is -2.07. The Morgan fingerprint density at radius 1 is 1.27 bits per heavy atom. The minimum atomic E-state index is -0.777. The highest BCUT2D eigenvalue weighted by Crippen LogP contribution is 2.32. The third-order valence-electron chi connectivity index (χ3n) is 2.41. The van der Waals surface area contributed by atoms with E-state index in [-0.39, 0.29) is 11.5 Å². The van der Waals surface area contributed by atoms with Gasteiger partial charge in [0.25, 0.3) is 0 Å². The summed E-state index contributed by atoms with van der Waals surface area (Å²) in [5, 5.41) is 28.7. The van der Waals surface area contributed by atoms with Crippen LogP contribution >= 0.6 is 0 Å². The van der Waals surface area contributed by atoms with Crippen molar-refractivity contribution in [2.75, 3.05) is 6.54 Å². The van der Waals surface area contributed by atoms with Crippen molar-refractivity contribution in [2.45, 2.75) is 25.9 Å². The van der Waals surface area contributed by atoms with Crippen LogP contribution in [0.4, 0.5) is 0 Å². The van der Waals surface area contributed by atoms with E-state index in [9.17, 15) is 15.3 Å². The van der Waals surface area contributed by atoms with Gasteiger partial charge in [-0.25, -0.2) is 0 Å². The molecule has 0 radical (unpaired) electrons. The number of aryl methyl sites for hydroxylation is 1. The second-order valence-corrected chi connectivity index (χ2v) is 3.49. The molecule has 4 nitrogen and oxygen atoms in total. The summed E-state index contributed by atoms with van der Waals surface area (Å²) in [4.78, 5) is 0. The average Bonchev–Trinajstić information content (AvgIpc) is 2.18. The van der Waals surface area contributed by atoms with Crippen LogP contribution in [0.3, 0.4) is 0 Å². The molecule has 0 aromatic heterocycles. The van der Waals surface area contributed by atoms with E-state index >= 15 is 0 Å². The van der Waals surface area contributed by atoms with Crippen molar-refractivity contribution in [3.8, 4) is 11.5 Å². The molecule has 1 aromatic carbocycles. The topological polar surface area (TPSA) is 86.7 Å². The molecular weight excluding hydrogens is 194 g/mol. The van der Waals surface area contributed by atoms with Crippen LogP contribution in [-0.4, -0.2) is 21.9 Å². The molecule has 0 saturated heterocycles. The first-order valence-corrected chi connectivity index (χ1v) is 5.03. The molecule has 0 spiro atoms. The maximum absolute atomic E-state index is 9.69. The lowest BCUT2D eigenvalue weighted by molar-refractivity contribution is 0.166. The lowest BCUT2D eigenvalue weighted by atomic mass is 10.0. The number of nitrogens with two attached hydrogens (primary N) is 1. The van der Waals surface area contributed by atoms with Crippen molar-refractivity contribution in [3.63, 3.8) is 0 Å². The quantitative estimate of drug-likeness (QED) is 0.599. The van der Waals surface area contributed by atoms with E-state index in [1.54, 1.807) is 6.07 Å². The highest BCUT2D eigenvalue weighted by atomic mass is 16.3. The van der Waals surface area contributed by atoms with Gasteiger partial charge in [-0.3, -0.25) is 0 Å². The zero-order valence-corrected chi connectivity index (χ0v) is 8.77. The van der Waals surface area contributed by atoms with Crippen molar-refractivity contribution in [2.24, 2.45) is 5.73 Å². The molecule has 84 valence electrons. The summed E-state index contributed by atoms with van der Waals surface area (Å²) < 4.78 is 0. The van der Waals surface area contributed by atoms with E-state index in [0.717, 1.165) is 0 Å². The molecular formula is C11H17NO3. The van der Waals surface area contributed by atoms with Crippen molar-refractivity contribution in [1.82, 2.24) is 0 Å². The molecule has 15 heavy (non-hydrogen) atoms. The van der Waals surface area contributed by atoms with E-state index in [2.05, 4.69) is 0 Å². The highest BCUT2D eigenvalue weighted by molar-refractivity contribution is 5.46. The van der Waals surface area contributed by atoms with Gasteiger partial charge in [0.2, 0.25) is 0 Å². The minimum absolute atomic E-state index is 0.0544. The lowest BCUT2D eigenvalue weighted by Gasteiger charge is -2.13. The number of hydrogen-bond acceptors (Lipinski definition) is 4. The number of phenols is 2. The van der Waals surface area contributed by atoms with Gasteiger partial charge in [0, 0.05) is 11.6 Å². The van der Waals surface area contributed by atoms with Crippen LogP contribution in [0, 0.1) is 0 Å². The Bertz CT molecular complexity index is 339. The molecule has 0 aliphatic heterocycles. The first kappa shape index (κ1) is 11.8. The van der Waals surface area contributed by atoms with E-state index in [4.69, 9.17) is 5.73 Å². The Kier molecular flexibility index (Phi) is 3.94. The number of aliphatic hydroxyl groups is 1. The summed E-state index contributed by atoms with van der Waals surface area (Å²) in [5.74, 6) is -0.0376. The van der Waals surface area contributed by atoms with Gasteiger partial charge in [-0.1, -0.05) is 6.92 Å². The Morgan fingerprint density at radius 3 is 2.47 bits per heavy atom. The predicted molar refractivity (Wildman–Crippen MR) is 57.8 cm³/mol. The van der Waals surface area contributed by atoms with Gasteiger partial charge >= 0.3 is 0 Å². The molecule has 5 N–H and O–H groups in total. The molecule has 1 rings (SSSR count). The van der Waals surface area contributed by atoms with Crippen LogP contribution in [0.1, 0.15) is 30.6 Å². The number of aromatic hydroxyl groups is 2. The van der Waals surface area contributed by atoms with Gasteiger partial charge < -0.3 is 21.1 Å². The third kappa shape index (κ3) is 2.61. The van der Waals surface area contributed by atoms with Crippen molar-refractivity contribution in [3.05, 3.63) is 23.3 Å². The van der Waals surface area contributed by atoms with E-state index < -0.39 is 6.10 Å². The smallest absolute Gasteiger partial charge is 0.125 e. The second-order valence-electron chi connectivity index (χ2n) is 3.49. The molecule has 1 aromatic rings. The van der Waals surface area contributed by atoms with Crippen LogP contribution in [0.15, 0.2) is 12.1 Å². The molecule has 0 aliphatic carbocycles. The molecule has 0 bridgehead atoms. The van der Waals surface area contributed by atoms with Crippen LogP contribution in [-0.2, 0) is 6.42 Å². The summed E-state index contributed by atoms with van der Waals surface area (Å²) in [6.07, 6.45) is 0.261. The van der Waals surface area contributed by atoms with Crippen molar-refractivity contribution >= 4 is 0 Å². The maximum Gasteiger partial charge on any atom is 0.125 e. The van der Waals surface area contributed by atoms with E-state index in [1.807, 2.05) is 6.92 Å². The van der Waals surface area contributed by atoms with Crippen LogP contribution in [0.5, 0.6) is 11.5 Å². The summed E-state index contributed by atoms with van der Waals surface area (Å²) in [6.45, 7) is 2.24. The molecule has 1 atom stereocenters. The van der Waals surface area contributed by atoms with Gasteiger partial charge in [-0.2, -0.15) is 0 Å². The summed E-state index contributed by atoms with van der Waals surface area (Å²) in [7, 11) is 0. The maximum atomic E-state index is 9.69.